The lowest BCUT2D eigenvalue weighted by Crippen LogP contribution is -2.36. The number of amides is 1. The maximum absolute atomic E-state index is 12.9. The zero-order valence-electron chi connectivity index (χ0n) is 17.7. The predicted octanol–water partition coefficient (Wildman–Crippen LogP) is 3.01. The Labute approximate surface area is 185 Å². The highest BCUT2D eigenvalue weighted by atomic mass is 19.1. The lowest BCUT2D eigenvalue weighted by Gasteiger charge is -2.28. The van der Waals surface area contributed by atoms with Crippen molar-refractivity contribution in [2.45, 2.75) is 19.6 Å². The molecule has 0 fully saturated rings. The van der Waals surface area contributed by atoms with Crippen molar-refractivity contribution in [3.8, 4) is 17.4 Å². The fourth-order valence-corrected chi connectivity index (χ4v) is 3.35. The Morgan fingerprint density at radius 1 is 1.06 bits per heavy atom. The van der Waals surface area contributed by atoms with Gasteiger partial charge in [-0.1, -0.05) is 0 Å². The molecule has 4 heterocycles. The monoisotopic (exact) mass is 438 g/mol. The number of nitrogens with zero attached hydrogens (tertiary/aromatic N) is 4. The third-order valence-electron chi connectivity index (χ3n) is 5.03. The van der Waals surface area contributed by atoms with Gasteiger partial charge in [0.2, 0.25) is 5.88 Å². The van der Waals surface area contributed by atoms with E-state index >= 15 is 0 Å². The first-order valence-corrected chi connectivity index (χ1v) is 10.2. The molecular formula is C23H23FN4O4. The van der Waals surface area contributed by atoms with E-state index in [0.717, 1.165) is 17.0 Å². The highest BCUT2D eigenvalue weighted by Crippen LogP contribution is 2.24. The topological polar surface area (TPSA) is 86.7 Å². The van der Waals surface area contributed by atoms with E-state index in [2.05, 4.69) is 15.0 Å². The van der Waals surface area contributed by atoms with Crippen molar-refractivity contribution >= 4 is 5.91 Å². The number of alkyl halides is 1. The highest BCUT2D eigenvalue weighted by Gasteiger charge is 2.23. The molecular weight excluding hydrogens is 415 g/mol. The van der Waals surface area contributed by atoms with Crippen molar-refractivity contribution < 1.29 is 23.4 Å². The molecule has 0 saturated heterocycles. The van der Waals surface area contributed by atoms with E-state index in [1.54, 1.807) is 36.5 Å². The Balaban J connectivity index is 1.39. The van der Waals surface area contributed by atoms with E-state index in [-0.39, 0.29) is 12.5 Å². The molecule has 0 atom stereocenters. The SMILES string of the molecule is COc1ccc(COc2cnc3c(c2)CN(C(=O)c2ccc(OCCF)nc2)CC3)nc1. The highest BCUT2D eigenvalue weighted by molar-refractivity contribution is 5.94. The number of carbonyl (C=O) groups excluding carboxylic acids is 1. The minimum atomic E-state index is -0.591. The summed E-state index contributed by atoms with van der Waals surface area (Å²) in [5, 5.41) is 0. The molecule has 3 aromatic rings. The maximum Gasteiger partial charge on any atom is 0.255 e. The van der Waals surface area contributed by atoms with Gasteiger partial charge in [-0.15, -0.1) is 0 Å². The summed E-state index contributed by atoms with van der Waals surface area (Å²) in [6.07, 6.45) is 5.44. The van der Waals surface area contributed by atoms with Crippen LogP contribution in [0.5, 0.6) is 17.4 Å². The van der Waals surface area contributed by atoms with E-state index in [1.807, 2.05) is 18.2 Å². The van der Waals surface area contributed by atoms with Crippen molar-refractivity contribution in [3.63, 3.8) is 0 Å². The molecule has 32 heavy (non-hydrogen) atoms. The summed E-state index contributed by atoms with van der Waals surface area (Å²) in [5.41, 5.74) is 3.12. The van der Waals surface area contributed by atoms with Crippen LogP contribution in [-0.2, 0) is 19.6 Å². The molecule has 4 rings (SSSR count). The van der Waals surface area contributed by atoms with Gasteiger partial charge in [0, 0.05) is 37.5 Å². The Bertz CT molecular complexity index is 1060. The summed E-state index contributed by atoms with van der Waals surface area (Å²) in [6.45, 7) is 0.644. The average Bonchev–Trinajstić information content (AvgIpc) is 2.86. The summed E-state index contributed by atoms with van der Waals surface area (Å²) in [5.74, 6) is 1.47. The van der Waals surface area contributed by atoms with Crippen molar-refractivity contribution in [3.05, 3.63) is 71.4 Å². The van der Waals surface area contributed by atoms with E-state index in [1.165, 1.54) is 6.20 Å². The Kier molecular flexibility index (Phi) is 6.74. The number of hydrogen-bond acceptors (Lipinski definition) is 7. The number of ether oxygens (including phenoxy) is 3. The second-order valence-corrected chi connectivity index (χ2v) is 7.15. The van der Waals surface area contributed by atoms with Gasteiger partial charge in [-0.3, -0.25) is 14.8 Å². The number of halogens is 1. The molecule has 1 amide bonds. The number of rotatable bonds is 8. The van der Waals surface area contributed by atoms with Crippen LogP contribution in [0.2, 0.25) is 0 Å². The molecule has 0 unspecified atom stereocenters. The molecule has 0 spiro atoms. The molecule has 3 aromatic heterocycles. The van der Waals surface area contributed by atoms with E-state index in [4.69, 9.17) is 14.2 Å². The smallest absolute Gasteiger partial charge is 0.255 e. The number of methoxy groups -OCH3 is 1. The van der Waals surface area contributed by atoms with Gasteiger partial charge in [-0.25, -0.2) is 9.37 Å². The van der Waals surface area contributed by atoms with Crippen LogP contribution < -0.4 is 14.2 Å². The Hall–Kier alpha value is -3.75. The normalized spacial score (nSPS) is 12.8. The molecule has 1 aliphatic heterocycles. The predicted molar refractivity (Wildman–Crippen MR) is 114 cm³/mol. The van der Waals surface area contributed by atoms with Gasteiger partial charge in [-0.05, 0) is 29.8 Å². The van der Waals surface area contributed by atoms with E-state index in [9.17, 15) is 9.18 Å². The maximum atomic E-state index is 12.9. The van der Waals surface area contributed by atoms with E-state index in [0.29, 0.717) is 49.1 Å². The first-order valence-electron chi connectivity index (χ1n) is 10.2. The molecule has 0 saturated carbocycles. The molecule has 8 nitrogen and oxygen atoms in total. The summed E-state index contributed by atoms with van der Waals surface area (Å²) in [6, 6.07) is 8.79. The van der Waals surface area contributed by atoms with Crippen molar-refractivity contribution in [2.24, 2.45) is 0 Å². The van der Waals surface area contributed by atoms with E-state index < -0.39 is 6.67 Å². The van der Waals surface area contributed by atoms with Crippen LogP contribution in [0.4, 0.5) is 4.39 Å². The second-order valence-electron chi connectivity index (χ2n) is 7.15. The molecule has 0 aliphatic carbocycles. The standard InChI is InChI=1S/C23H23FN4O4/c1-30-19-4-3-18(25-12-19)15-32-20-10-17-14-28(8-6-21(17)26-13-20)23(29)16-2-5-22(27-11-16)31-9-7-24/h2-5,10-13H,6-9,14-15H2,1H3. The van der Waals surface area contributed by atoms with Crippen molar-refractivity contribution in [2.75, 3.05) is 26.9 Å². The number of hydrogen-bond donors (Lipinski definition) is 0. The van der Waals surface area contributed by atoms with Crippen LogP contribution in [-0.4, -0.2) is 52.7 Å². The molecule has 0 bridgehead atoms. The van der Waals surface area contributed by atoms with Gasteiger partial charge in [0.1, 0.15) is 31.4 Å². The van der Waals surface area contributed by atoms with Crippen LogP contribution in [0.3, 0.4) is 0 Å². The number of fused-ring (bicyclic) bond motifs is 1. The fraction of sp³-hybridized carbons (Fsp3) is 0.304. The minimum absolute atomic E-state index is 0.0604. The van der Waals surface area contributed by atoms with Gasteiger partial charge < -0.3 is 19.1 Å². The molecule has 1 aliphatic rings. The Morgan fingerprint density at radius 3 is 2.66 bits per heavy atom. The Morgan fingerprint density at radius 2 is 1.94 bits per heavy atom. The molecule has 0 aromatic carbocycles. The fourth-order valence-electron chi connectivity index (χ4n) is 3.35. The third kappa shape index (κ3) is 5.11. The summed E-state index contributed by atoms with van der Waals surface area (Å²) in [7, 11) is 1.59. The largest absolute Gasteiger partial charge is 0.495 e. The first kappa shape index (κ1) is 21.5. The summed E-state index contributed by atoms with van der Waals surface area (Å²) in [4.78, 5) is 27.5. The van der Waals surface area contributed by atoms with Crippen LogP contribution in [0.25, 0.3) is 0 Å². The average molecular weight is 438 g/mol. The van der Waals surface area contributed by atoms with Crippen LogP contribution in [0.15, 0.2) is 48.9 Å². The lowest BCUT2D eigenvalue weighted by molar-refractivity contribution is 0.0732. The zero-order valence-corrected chi connectivity index (χ0v) is 17.7. The van der Waals surface area contributed by atoms with Crippen LogP contribution >= 0.6 is 0 Å². The number of aromatic nitrogens is 3. The summed E-state index contributed by atoms with van der Waals surface area (Å²) < 4.78 is 28.3. The van der Waals surface area contributed by atoms with Crippen LogP contribution in [0, 0.1) is 0 Å². The summed E-state index contributed by atoms with van der Waals surface area (Å²) >= 11 is 0. The first-order chi connectivity index (χ1) is 15.7. The van der Waals surface area contributed by atoms with Crippen molar-refractivity contribution in [1.29, 1.82) is 0 Å². The lowest BCUT2D eigenvalue weighted by atomic mass is 10.0. The number of carbonyl (C=O) groups is 1. The third-order valence-corrected chi connectivity index (χ3v) is 5.03. The second kappa shape index (κ2) is 10.0. The quantitative estimate of drug-likeness (QED) is 0.534. The van der Waals surface area contributed by atoms with Gasteiger partial charge in [0.15, 0.2) is 0 Å². The molecule has 166 valence electrons. The van der Waals surface area contributed by atoms with Gasteiger partial charge in [-0.2, -0.15) is 0 Å². The molecule has 0 N–H and O–H groups in total. The molecule has 9 heteroatoms. The molecule has 0 radical (unpaired) electrons. The number of pyridine rings is 3. The van der Waals surface area contributed by atoms with Crippen LogP contribution in [0.1, 0.15) is 27.3 Å². The van der Waals surface area contributed by atoms with Gasteiger partial charge in [0.05, 0.1) is 30.8 Å². The zero-order chi connectivity index (χ0) is 22.3. The van der Waals surface area contributed by atoms with Crippen molar-refractivity contribution in [1.82, 2.24) is 19.9 Å². The minimum Gasteiger partial charge on any atom is -0.495 e. The van der Waals surface area contributed by atoms with Gasteiger partial charge in [0.25, 0.3) is 5.91 Å². The van der Waals surface area contributed by atoms with Gasteiger partial charge >= 0.3 is 0 Å².